The van der Waals surface area contributed by atoms with E-state index >= 15 is 0 Å². The first-order chi connectivity index (χ1) is 9.46. The molecule has 0 spiro atoms. The van der Waals surface area contributed by atoms with E-state index in [4.69, 9.17) is 10.5 Å². The molecule has 6 nitrogen and oxygen atoms in total. The Labute approximate surface area is 115 Å². The van der Waals surface area contributed by atoms with Crippen LogP contribution in [0.1, 0.15) is 25.6 Å². The van der Waals surface area contributed by atoms with Gasteiger partial charge in [0.15, 0.2) is 5.82 Å². The average molecular weight is 280 g/mol. The number of fused-ring (bicyclic) bond motifs is 1. The first-order valence-corrected chi connectivity index (χ1v) is 6.45. The Hall–Kier alpha value is -1.73. The maximum absolute atomic E-state index is 14.3. The van der Waals surface area contributed by atoms with Crippen LogP contribution in [-0.2, 0) is 4.74 Å². The van der Waals surface area contributed by atoms with Crippen LogP contribution in [0.4, 0.5) is 10.2 Å². The molecular weight excluding hydrogens is 263 g/mol. The lowest BCUT2D eigenvalue weighted by Crippen LogP contribution is -2.31. The van der Waals surface area contributed by atoms with Crippen LogP contribution in [-0.4, -0.2) is 38.6 Å². The van der Waals surface area contributed by atoms with Crippen LogP contribution < -0.4 is 5.73 Å². The molecule has 0 amide bonds. The number of halogens is 1. The zero-order valence-corrected chi connectivity index (χ0v) is 11.3. The molecule has 0 saturated carbocycles. The van der Waals surface area contributed by atoms with E-state index in [0.29, 0.717) is 17.0 Å². The Morgan fingerprint density at radius 3 is 2.90 bits per heavy atom. The van der Waals surface area contributed by atoms with E-state index in [0.717, 1.165) is 0 Å². The molecule has 0 radical (unpaired) electrons. The standard InChI is InChI=1S/C13H17FN4O2/c1-13(2)10(14)9(5-19)20-11(13)7-3-4-8-12(15)16-6-17-18(7)8/h3-4,6,9-11,19H,5H2,1-2H3,(H2,15,16,17)/t9-,10-,11+/m1/s1. The van der Waals surface area contributed by atoms with Crippen molar-refractivity contribution in [3.8, 4) is 0 Å². The van der Waals surface area contributed by atoms with Crippen molar-refractivity contribution in [2.24, 2.45) is 5.41 Å². The summed E-state index contributed by atoms with van der Waals surface area (Å²) in [6, 6.07) is 3.59. The van der Waals surface area contributed by atoms with Gasteiger partial charge in [0.05, 0.1) is 12.3 Å². The minimum absolute atomic E-state index is 0.346. The second-order valence-corrected chi connectivity index (χ2v) is 5.66. The summed E-state index contributed by atoms with van der Waals surface area (Å²) in [6.07, 6.45) is -1.22. The molecule has 1 aliphatic heterocycles. The Balaban J connectivity index is 2.10. The van der Waals surface area contributed by atoms with Crippen LogP contribution in [0.15, 0.2) is 18.5 Å². The summed E-state index contributed by atoms with van der Waals surface area (Å²) in [5, 5.41) is 13.4. The highest BCUT2D eigenvalue weighted by molar-refractivity contribution is 5.65. The zero-order valence-electron chi connectivity index (χ0n) is 11.3. The van der Waals surface area contributed by atoms with Gasteiger partial charge in [-0.2, -0.15) is 5.10 Å². The minimum atomic E-state index is -1.25. The number of anilines is 1. The third-order valence-corrected chi connectivity index (χ3v) is 3.98. The van der Waals surface area contributed by atoms with E-state index in [1.165, 1.54) is 6.33 Å². The Morgan fingerprint density at radius 1 is 1.50 bits per heavy atom. The highest BCUT2D eigenvalue weighted by Gasteiger charge is 2.52. The lowest BCUT2D eigenvalue weighted by molar-refractivity contribution is -0.0142. The van der Waals surface area contributed by atoms with Crippen LogP contribution in [0, 0.1) is 5.41 Å². The van der Waals surface area contributed by atoms with Gasteiger partial charge < -0.3 is 15.6 Å². The number of aliphatic hydroxyl groups is 1. The number of aromatic nitrogens is 3. The molecule has 3 N–H and O–H groups in total. The largest absolute Gasteiger partial charge is 0.394 e. The minimum Gasteiger partial charge on any atom is -0.394 e. The topological polar surface area (TPSA) is 85.7 Å². The summed E-state index contributed by atoms with van der Waals surface area (Å²) in [7, 11) is 0. The van der Waals surface area contributed by atoms with Crippen LogP contribution in [0.25, 0.3) is 5.52 Å². The van der Waals surface area contributed by atoms with E-state index < -0.39 is 23.8 Å². The molecule has 1 aliphatic rings. The predicted molar refractivity (Wildman–Crippen MR) is 70.8 cm³/mol. The molecule has 1 saturated heterocycles. The molecule has 0 aliphatic carbocycles. The van der Waals surface area contributed by atoms with Crippen molar-refractivity contribution in [1.29, 1.82) is 0 Å². The van der Waals surface area contributed by atoms with Crippen molar-refractivity contribution in [3.05, 3.63) is 24.2 Å². The summed E-state index contributed by atoms with van der Waals surface area (Å²) >= 11 is 0. The van der Waals surface area contributed by atoms with Gasteiger partial charge >= 0.3 is 0 Å². The number of ether oxygens (including phenoxy) is 1. The van der Waals surface area contributed by atoms with Gasteiger partial charge in [-0.3, -0.25) is 0 Å². The number of hydrogen-bond acceptors (Lipinski definition) is 5. The maximum atomic E-state index is 14.3. The highest BCUT2D eigenvalue weighted by Crippen LogP contribution is 2.49. The molecule has 0 bridgehead atoms. The van der Waals surface area contributed by atoms with Crippen molar-refractivity contribution in [3.63, 3.8) is 0 Å². The average Bonchev–Trinajstić information content (AvgIpc) is 2.92. The summed E-state index contributed by atoms with van der Waals surface area (Å²) in [5.41, 5.74) is 6.39. The molecule has 108 valence electrons. The van der Waals surface area contributed by atoms with Gasteiger partial charge in [0, 0.05) is 5.41 Å². The molecule has 2 aromatic heterocycles. The zero-order chi connectivity index (χ0) is 14.5. The van der Waals surface area contributed by atoms with Crippen molar-refractivity contribution in [2.75, 3.05) is 12.3 Å². The van der Waals surface area contributed by atoms with Crippen molar-refractivity contribution < 1.29 is 14.2 Å². The van der Waals surface area contributed by atoms with Crippen molar-refractivity contribution >= 4 is 11.3 Å². The van der Waals surface area contributed by atoms with E-state index in [9.17, 15) is 9.50 Å². The number of nitrogens with two attached hydrogens (primary N) is 1. The van der Waals surface area contributed by atoms with Gasteiger partial charge in [0.2, 0.25) is 0 Å². The third-order valence-electron chi connectivity index (χ3n) is 3.98. The number of nitrogen functional groups attached to an aromatic ring is 1. The molecule has 3 heterocycles. The van der Waals surface area contributed by atoms with Gasteiger partial charge in [0.1, 0.15) is 30.2 Å². The second kappa shape index (κ2) is 4.39. The first kappa shape index (κ1) is 13.3. The molecule has 0 aromatic carbocycles. The summed E-state index contributed by atoms with van der Waals surface area (Å²) in [5.74, 6) is 0.359. The normalized spacial score (nSPS) is 29.1. The maximum Gasteiger partial charge on any atom is 0.151 e. The summed E-state index contributed by atoms with van der Waals surface area (Å²) < 4.78 is 21.6. The van der Waals surface area contributed by atoms with Gasteiger partial charge in [-0.1, -0.05) is 13.8 Å². The van der Waals surface area contributed by atoms with Crippen molar-refractivity contribution in [2.45, 2.75) is 32.2 Å². The fraction of sp³-hybridized carbons (Fsp3) is 0.538. The van der Waals surface area contributed by atoms with Gasteiger partial charge in [-0.15, -0.1) is 0 Å². The molecule has 1 fully saturated rings. The highest BCUT2D eigenvalue weighted by atomic mass is 19.1. The Kier molecular flexibility index (Phi) is 2.91. The molecule has 2 aromatic rings. The number of aliphatic hydroxyl groups excluding tert-OH is 1. The Morgan fingerprint density at radius 2 is 2.25 bits per heavy atom. The molecule has 7 heteroatoms. The summed E-state index contributed by atoms with van der Waals surface area (Å²) in [4.78, 5) is 3.92. The van der Waals surface area contributed by atoms with E-state index in [2.05, 4.69) is 10.1 Å². The predicted octanol–water partition coefficient (Wildman–Crippen LogP) is 1.11. The number of rotatable bonds is 2. The number of nitrogens with zero attached hydrogens (tertiary/aromatic N) is 3. The van der Waals surface area contributed by atoms with Gasteiger partial charge in [-0.25, -0.2) is 13.9 Å². The molecule has 20 heavy (non-hydrogen) atoms. The monoisotopic (exact) mass is 280 g/mol. The van der Waals surface area contributed by atoms with E-state index in [1.807, 2.05) is 0 Å². The third kappa shape index (κ3) is 1.70. The quantitative estimate of drug-likeness (QED) is 0.860. The van der Waals surface area contributed by atoms with Crippen LogP contribution in [0.5, 0.6) is 0 Å². The molecule has 3 atom stereocenters. The molecule has 3 rings (SSSR count). The Bertz CT molecular complexity index is 642. The number of alkyl halides is 1. The van der Waals surface area contributed by atoms with E-state index in [-0.39, 0.29) is 6.61 Å². The first-order valence-electron chi connectivity index (χ1n) is 6.45. The summed E-state index contributed by atoms with van der Waals surface area (Å²) in [6.45, 7) is 3.21. The molecule has 0 unspecified atom stereocenters. The van der Waals surface area contributed by atoms with E-state index in [1.54, 1.807) is 30.5 Å². The van der Waals surface area contributed by atoms with Crippen LogP contribution in [0.2, 0.25) is 0 Å². The van der Waals surface area contributed by atoms with Crippen LogP contribution in [0.3, 0.4) is 0 Å². The second-order valence-electron chi connectivity index (χ2n) is 5.66. The van der Waals surface area contributed by atoms with Gasteiger partial charge in [-0.05, 0) is 12.1 Å². The smallest absolute Gasteiger partial charge is 0.151 e. The van der Waals surface area contributed by atoms with Crippen molar-refractivity contribution in [1.82, 2.24) is 14.6 Å². The fourth-order valence-corrected chi connectivity index (χ4v) is 2.80. The molecular formula is C13H17FN4O2. The lowest BCUT2D eigenvalue weighted by atomic mass is 9.81. The van der Waals surface area contributed by atoms with Gasteiger partial charge in [0.25, 0.3) is 0 Å². The lowest BCUT2D eigenvalue weighted by Gasteiger charge is -2.26. The fourth-order valence-electron chi connectivity index (χ4n) is 2.80. The number of hydrogen-bond donors (Lipinski definition) is 2. The SMILES string of the molecule is CC1(C)[C@H](F)[C@@H](CO)O[C@H]1c1ccc2c(N)ncnn12. The van der Waals surface area contributed by atoms with Crippen LogP contribution >= 0.6 is 0 Å².